The summed E-state index contributed by atoms with van der Waals surface area (Å²) in [6.07, 6.45) is 5.16. The van der Waals surface area contributed by atoms with Gasteiger partial charge in [-0.05, 0) is 72.2 Å². The number of aromatic hydroxyl groups is 1. The van der Waals surface area contributed by atoms with Crippen LogP contribution in [0.3, 0.4) is 0 Å². The molecular weight excluding hydrogens is 439 g/mol. The van der Waals surface area contributed by atoms with Gasteiger partial charge in [-0.3, -0.25) is 0 Å². The molecule has 0 amide bonds. The third kappa shape index (κ3) is 3.39. The molecule has 0 radical (unpaired) electrons. The second-order valence-corrected chi connectivity index (χ2v) is 8.23. The summed E-state index contributed by atoms with van der Waals surface area (Å²) < 4.78 is 3.09. The Balaban J connectivity index is 1.58. The van der Waals surface area contributed by atoms with Gasteiger partial charge >= 0.3 is 0 Å². The Kier molecular flexibility index (Phi) is 5.01. The van der Waals surface area contributed by atoms with Crippen LogP contribution in [-0.2, 0) is 6.42 Å². The van der Waals surface area contributed by atoms with Crippen LogP contribution in [0.4, 0.5) is 11.4 Å². The predicted octanol–water partition coefficient (Wildman–Crippen LogP) is 4.83. The summed E-state index contributed by atoms with van der Waals surface area (Å²) in [7, 11) is 0. The molecule has 2 aromatic carbocycles. The molecule has 0 spiro atoms. The SMILES string of the molecule is Oc1ccc2c(c1)C1CCCCC1C(O)(CNc1ccc(NI)cc1)C2. The van der Waals surface area contributed by atoms with E-state index >= 15 is 0 Å². The molecule has 2 aromatic rings. The zero-order valence-corrected chi connectivity index (χ0v) is 16.9. The highest BCUT2D eigenvalue weighted by molar-refractivity contribution is 14.1. The summed E-state index contributed by atoms with van der Waals surface area (Å²) in [6.45, 7) is 0.547. The lowest BCUT2D eigenvalue weighted by molar-refractivity contribution is -0.0389. The molecule has 1 saturated carbocycles. The van der Waals surface area contributed by atoms with Crippen molar-refractivity contribution in [3.05, 3.63) is 53.6 Å². The zero-order valence-electron chi connectivity index (χ0n) is 14.7. The smallest absolute Gasteiger partial charge is 0.115 e. The first-order chi connectivity index (χ1) is 12.6. The van der Waals surface area contributed by atoms with Gasteiger partial charge in [-0.1, -0.05) is 18.9 Å². The van der Waals surface area contributed by atoms with Crippen molar-refractivity contribution in [2.75, 3.05) is 15.4 Å². The molecule has 0 aromatic heterocycles. The van der Waals surface area contributed by atoms with Crippen LogP contribution >= 0.6 is 22.9 Å². The van der Waals surface area contributed by atoms with E-state index in [1.54, 1.807) is 6.07 Å². The molecule has 5 heteroatoms. The van der Waals surface area contributed by atoms with Gasteiger partial charge in [-0.15, -0.1) is 0 Å². The van der Waals surface area contributed by atoms with E-state index in [1.807, 2.05) is 36.4 Å². The first-order valence-electron chi connectivity index (χ1n) is 9.34. The highest BCUT2D eigenvalue weighted by atomic mass is 127. The standard InChI is InChI=1S/C21H25IN2O2/c22-24-16-8-6-15(7-9-16)23-13-21(26)12-14-5-10-17(25)11-19(14)18-3-1-2-4-20(18)21/h5-11,18,20,23-26H,1-4,12-13H2. The number of halogens is 1. The van der Waals surface area contributed by atoms with E-state index in [0.29, 0.717) is 24.6 Å². The number of anilines is 2. The van der Waals surface area contributed by atoms with Crippen LogP contribution in [0.5, 0.6) is 5.75 Å². The highest BCUT2D eigenvalue weighted by Gasteiger charge is 2.47. The number of hydrogen-bond acceptors (Lipinski definition) is 4. The van der Waals surface area contributed by atoms with Gasteiger partial charge in [-0.25, -0.2) is 0 Å². The lowest BCUT2D eigenvalue weighted by Crippen LogP contribution is -2.52. The van der Waals surface area contributed by atoms with Crippen LogP contribution < -0.4 is 8.85 Å². The van der Waals surface area contributed by atoms with Gasteiger partial charge in [-0.2, -0.15) is 0 Å². The van der Waals surface area contributed by atoms with Gasteiger partial charge in [0.25, 0.3) is 0 Å². The van der Waals surface area contributed by atoms with E-state index in [0.717, 1.165) is 24.2 Å². The first-order valence-corrected chi connectivity index (χ1v) is 10.4. The molecule has 0 saturated heterocycles. The number of nitrogens with one attached hydrogen (secondary N) is 2. The summed E-state index contributed by atoms with van der Waals surface area (Å²) in [6, 6.07) is 13.8. The Morgan fingerprint density at radius 1 is 1.04 bits per heavy atom. The molecule has 0 heterocycles. The van der Waals surface area contributed by atoms with Crippen molar-refractivity contribution in [2.24, 2.45) is 5.92 Å². The Bertz CT molecular complexity index is 780. The largest absolute Gasteiger partial charge is 0.508 e. The van der Waals surface area contributed by atoms with Crippen molar-refractivity contribution in [3.8, 4) is 5.75 Å². The maximum Gasteiger partial charge on any atom is 0.115 e. The topological polar surface area (TPSA) is 64.5 Å². The molecule has 4 N–H and O–H groups in total. The summed E-state index contributed by atoms with van der Waals surface area (Å²) in [4.78, 5) is 0. The maximum atomic E-state index is 11.6. The second-order valence-electron chi connectivity index (χ2n) is 7.69. The number of benzene rings is 2. The van der Waals surface area contributed by atoms with Crippen LogP contribution in [0.15, 0.2) is 42.5 Å². The van der Waals surface area contributed by atoms with Crippen LogP contribution in [0.1, 0.15) is 42.7 Å². The van der Waals surface area contributed by atoms with E-state index < -0.39 is 5.60 Å². The van der Waals surface area contributed by atoms with Gasteiger partial charge in [0.1, 0.15) is 5.75 Å². The summed E-state index contributed by atoms with van der Waals surface area (Å²) in [5.74, 6) is 0.922. The Morgan fingerprint density at radius 3 is 2.54 bits per heavy atom. The van der Waals surface area contributed by atoms with E-state index in [4.69, 9.17) is 0 Å². The molecule has 4 nitrogen and oxygen atoms in total. The maximum absolute atomic E-state index is 11.6. The van der Waals surface area contributed by atoms with Crippen molar-refractivity contribution in [1.82, 2.24) is 0 Å². The summed E-state index contributed by atoms with van der Waals surface area (Å²) in [5, 5.41) is 25.0. The van der Waals surface area contributed by atoms with Crippen LogP contribution in [0, 0.1) is 5.92 Å². The fourth-order valence-electron chi connectivity index (χ4n) is 4.80. The molecule has 3 atom stereocenters. The Labute approximate surface area is 168 Å². The third-order valence-electron chi connectivity index (χ3n) is 6.07. The number of aliphatic hydroxyl groups is 1. The average Bonchev–Trinajstić information content (AvgIpc) is 2.68. The van der Waals surface area contributed by atoms with E-state index in [2.05, 4.69) is 31.7 Å². The van der Waals surface area contributed by atoms with Crippen molar-refractivity contribution in [3.63, 3.8) is 0 Å². The van der Waals surface area contributed by atoms with Gasteiger partial charge in [0.05, 0.1) is 28.5 Å². The number of phenols is 1. The molecule has 1 fully saturated rings. The fourth-order valence-corrected chi connectivity index (χ4v) is 5.16. The monoisotopic (exact) mass is 464 g/mol. The van der Waals surface area contributed by atoms with Crippen LogP contribution in [-0.4, -0.2) is 22.4 Å². The van der Waals surface area contributed by atoms with Gasteiger partial charge in [0.15, 0.2) is 0 Å². The van der Waals surface area contributed by atoms with Crippen LogP contribution in [0.25, 0.3) is 0 Å². The number of fused-ring (bicyclic) bond motifs is 3. The predicted molar refractivity (Wildman–Crippen MR) is 114 cm³/mol. The molecule has 0 bridgehead atoms. The average molecular weight is 464 g/mol. The zero-order chi connectivity index (χ0) is 18.1. The van der Waals surface area contributed by atoms with Crippen molar-refractivity contribution < 1.29 is 10.2 Å². The number of hydrogen-bond donors (Lipinski definition) is 4. The van der Waals surface area contributed by atoms with Crippen molar-refractivity contribution in [1.29, 1.82) is 0 Å². The molecule has 138 valence electrons. The molecule has 2 aliphatic rings. The minimum absolute atomic E-state index is 0.244. The van der Waals surface area contributed by atoms with E-state index in [9.17, 15) is 10.2 Å². The third-order valence-corrected chi connectivity index (χ3v) is 6.70. The lowest BCUT2D eigenvalue weighted by atomic mass is 9.61. The number of rotatable bonds is 4. The first kappa shape index (κ1) is 17.9. The minimum atomic E-state index is -0.755. The second kappa shape index (κ2) is 7.27. The van der Waals surface area contributed by atoms with Gasteiger partial charge in [0, 0.05) is 24.3 Å². The molecule has 0 aliphatic heterocycles. The summed E-state index contributed by atoms with van der Waals surface area (Å²) in [5.41, 5.74) is 3.76. The Morgan fingerprint density at radius 2 is 1.77 bits per heavy atom. The number of phenolic OH excluding ortho intramolecular Hbond substituents is 1. The molecule has 2 aliphatic carbocycles. The Hall–Kier alpha value is -1.47. The lowest BCUT2D eigenvalue weighted by Gasteiger charge is -2.48. The minimum Gasteiger partial charge on any atom is -0.508 e. The molecular formula is C21H25IN2O2. The summed E-state index contributed by atoms with van der Waals surface area (Å²) >= 11 is 2.12. The van der Waals surface area contributed by atoms with Crippen molar-refractivity contribution >= 4 is 34.2 Å². The van der Waals surface area contributed by atoms with E-state index in [-0.39, 0.29) is 5.92 Å². The molecule has 26 heavy (non-hydrogen) atoms. The van der Waals surface area contributed by atoms with Crippen molar-refractivity contribution in [2.45, 2.75) is 43.6 Å². The van der Waals surface area contributed by atoms with E-state index in [1.165, 1.54) is 24.0 Å². The highest BCUT2D eigenvalue weighted by Crippen LogP contribution is 2.50. The normalized spacial score (nSPS) is 27.3. The molecule has 3 unspecified atom stereocenters. The fraction of sp³-hybridized carbons (Fsp3) is 0.429. The van der Waals surface area contributed by atoms with Gasteiger partial charge < -0.3 is 19.1 Å². The quantitative estimate of drug-likeness (QED) is 0.387. The van der Waals surface area contributed by atoms with Gasteiger partial charge in [0.2, 0.25) is 0 Å². The van der Waals surface area contributed by atoms with Crippen LogP contribution in [0.2, 0.25) is 0 Å². The molecule has 4 rings (SSSR count).